The van der Waals surface area contributed by atoms with Crippen LogP contribution >= 0.6 is 0 Å². The Balaban J connectivity index is 2.17. The van der Waals surface area contributed by atoms with Gasteiger partial charge in [0.15, 0.2) is 6.61 Å². The second-order valence-corrected chi connectivity index (χ2v) is 4.19. The number of rotatable bonds is 4. The quantitative estimate of drug-likeness (QED) is 0.585. The largest absolute Gasteiger partial charge is 0.482 e. The molecule has 1 heterocycles. The van der Waals surface area contributed by atoms with Crippen LogP contribution in [0.5, 0.6) is 5.75 Å². The predicted molar refractivity (Wildman–Crippen MR) is 64.4 cm³/mol. The van der Waals surface area contributed by atoms with Crippen molar-refractivity contribution in [3.63, 3.8) is 0 Å². The third-order valence-electron chi connectivity index (χ3n) is 2.62. The molecule has 0 atom stereocenters. The van der Waals surface area contributed by atoms with Crippen molar-refractivity contribution in [1.29, 1.82) is 0 Å². The van der Waals surface area contributed by atoms with Crippen LogP contribution in [-0.4, -0.2) is 31.4 Å². The lowest BCUT2D eigenvalue weighted by Crippen LogP contribution is -2.35. The van der Waals surface area contributed by atoms with Crippen LogP contribution in [0.3, 0.4) is 0 Å². The number of alkyl halides is 4. The van der Waals surface area contributed by atoms with Crippen LogP contribution in [-0.2, 0) is 4.79 Å². The highest BCUT2D eigenvalue weighted by atomic mass is 19.3. The minimum absolute atomic E-state index is 0.00914. The molecule has 1 amide bonds. The third-order valence-corrected chi connectivity index (χ3v) is 2.62. The summed E-state index contributed by atoms with van der Waals surface area (Å²) in [5.74, 6) is -4.30. The number of carbonyl (C=O) groups is 1. The van der Waals surface area contributed by atoms with Gasteiger partial charge >= 0.3 is 12.3 Å². The Morgan fingerprint density at radius 3 is 2.80 bits per heavy atom. The average molecular weight is 293 g/mol. The van der Waals surface area contributed by atoms with E-state index < -0.39 is 24.8 Å². The molecule has 0 saturated carbocycles. The molecule has 110 valence electrons. The second-order valence-electron chi connectivity index (χ2n) is 4.19. The van der Waals surface area contributed by atoms with Crippen molar-refractivity contribution < 1.29 is 27.1 Å². The molecule has 1 aliphatic rings. The van der Waals surface area contributed by atoms with Gasteiger partial charge in [-0.15, -0.1) is 0 Å². The van der Waals surface area contributed by atoms with E-state index in [-0.39, 0.29) is 29.4 Å². The Labute approximate surface area is 111 Å². The molecular formula is C11H11F4N3O2. The number of benzene rings is 1. The van der Waals surface area contributed by atoms with Crippen LogP contribution in [0.15, 0.2) is 12.1 Å². The molecule has 0 fully saturated rings. The monoisotopic (exact) mass is 293 g/mol. The van der Waals surface area contributed by atoms with Crippen LogP contribution in [0.1, 0.15) is 0 Å². The molecule has 2 rings (SSSR count). The molecule has 0 aromatic heterocycles. The number of nitrogens with two attached hydrogens (primary N) is 1. The van der Waals surface area contributed by atoms with Crippen molar-refractivity contribution in [2.45, 2.75) is 12.3 Å². The van der Waals surface area contributed by atoms with E-state index in [1.54, 1.807) is 0 Å². The first-order chi connectivity index (χ1) is 9.29. The second kappa shape index (κ2) is 5.06. The van der Waals surface area contributed by atoms with Crippen LogP contribution < -0.4 is 21.1 Å². The first-order valence-electron chi connectivity index (χ1n) is 5.55. The maximum Gasteiger partial charge on any atom is 0.324 e. The summed E-state index contributed by atoms with van der Waals surface area (Å²) in [6.07, 6.45) is -3.78. The zero-order chi connectivity index (χ0) is 14.9. The molecule has 1 aromatic rings. The van der Waals surface area contributed by atoms with Gasteiger partial charge in [-0.1, -0.05) is 0 Å². The fraction of sp³-hybridized carbons (Fsp3) is 0.364. The van der Waals surface area contributed by atoms with Crippen molar-refractivity contribution in [2.75, 3.05) is 29.5 Å². The van der Waals surface area contributed by atoms with Gasteiger partial charge in [-0.2, -0.15) is 8.78 Å². The molecule has 0 spiro atoms. The van der Waals surface area contributed by atoms with E-state index in [9.17, 15) is 22.4 Å². The number of ether oxygens (including phenoxy) is 1. The van der Waals surface area contributed by atoms with Gasteiger partial charge in [0.1, 0.15) is 5.75 Å². The zero-order valence-corrected chi connectivity index (χ0v) is 10.1. The van der Waals surface area contributed by atoms with Gasteiger partial charge in [0.25, 0.3) is 5.91 Å². The lowest BCUT2D eigenvalue weighted by Gasteiger charge is -2.21. The SMILES string of the molecule is Nc1cc2c(cc1NCC(F)(F)C(F)F)NC(=O)CO2. The fourth-order valence-electron chi connectivity index (χ4n) is 1.59. The lowest BCUT2D eigenvalue weighted by molar-refractivity contribution is -0.118. The van der Waals surface area contributed by atoms with Crippen LogP contribution in [0.4, 0.5) is 34.6 Å². The van der Waals surface area contributed by atoms with Gasteiger partial charge in [-0.3, -0.25) is 4.79 Å². The lowest BCUT2D eigenvalue weighted by atomic mass is 10.2. The van der Waals surface area contributed by atoms with E-state index in [2.05, 4.69) is 10.6 Å². The van der Waals surface area contributed by atoms with Crippen LogP contribution in [0.25, 0.3) is 0 Å². The summed E-state index contributed by atoms with van der Waals surface area (Å²) in [7, 11) is 0. The molecule has 4 N–H and O–H groups in total. The van der Waals surface area contributed by atoms with E-state index >= 15 is 0 Å². The third kappa shape index (κ3) is 2.86. The molecule has 0 aliphatic carbocycles. The number of carbonyl (C=O) groups excluding carboxylic acids is 1. The Hall–Kier alpha value is -2.19. The van der Waals surface area contributed by atoms with Crippen molar-refractivity contribution in [3.8, 4) is 5.75 Å². The van der Waals surface area contributed by atoms with Gasteiger partial charge in [0.2, 0.25) is 0 Å². The highest BCUT2D eigenvalue weighted by molar-refractivity contribution is 5.97. The summed E-state index contributed by atoms with van der Waals surface area (Å²) < 4.78 is 54.8. The number of nitrogen functional groups attached to an aromatic ring is 1. The van der Waals surface area contributed by atoms with Gasteiger partial charge in [0, 0.05) is 6.07 Å². The van der Waals surface area contributed by atoms with Gasteiger partial charge in [0.05, 0.1) is 23.6 Å². The highest BCUT2D eigenvalue weighted by Gasteiger charge is 2.40. The fourth-order valence-corrected chi connectivity index (χ4v) is 1.59. The number of fused-ring (bicyclic) bond motifs is 1. The highest BCUT2D eigenvalue weighted by Crippen LogP contribution is 2.35. The molecular weight excluding hydrogens is 282 g/mol. The topological polar surface area (TPSA) is 76.4 Å². The van der Waals surface area contributed by atoms with E-state index in [1.165, 1.54) is 12.1 Å². The number of amides is 1. The number of hydrogen-bond acceptors (Lipinski definition) is 4. The van der Waals surface area contributed by atoms with Gasteiger partial charge in [-0.05, 0) is 6.07 Å². The first-order valence-corrected chi connectivity index (χ1v) is 5.55. The van der Waals surface area contributed by atoms with Crippen LogP contribution in [0, 0.1) is 0 Å². The average Bonchev–Trinajstić information content (AvgIpc) is 2.36. The van der Waals surface area contributed by atoms with Gasteiger partial charge < -0.3 is 21.1 Å². The summed E-state index contributed by atoms with van der Waals surface area (Å²) >= 11 is 0. The molecule has 1 aromatic carbocycles. The molecule has 0 unspecified atom stereocenters. The first kappa shape index (κ1) is 14.2. The van der Waals surface area contributed by atoms with E-state index in [4.69, 9.17) is 10.5 Å². The number of nitrogens with one attached hydrogen (secondary N) is 2. The molecule has 0 saturated heterocycles. The molecule has 20 heavy (non-hydrogen) atoms. The summed E-state index contributed by atoms with van der Waals surface area (Å²) in [5.41, 5.74) is 5.89. The minimum atomic E-state index is -4.18. The molecule has 0 radical (unpaired) electrons. The normalized spacial score (nSPS) is 14.6. The van der Waals surface area contributed by atoms with Crippen molar-refractivity contribution in [3.05, 3.63) is 12.1 Å². The zero-order valence-electron chi connectivity index (χ0n) is 10.1. The number of anilines is 3. The van der Waals surface area contributed by atoms with Crippen molar-refractivity contribution >= 4 is 23.0 Å². The van der Waals surface area contributed by atoms with Crippen molar-refractivity contribution in [2.24, 2.45) is 0 Å². The summed E-state index contributed by atoms with van der Waals surface area (Å²) in [5, 5.41) is 4.59. The Morgan fingerprint density at radius 1 is 1.45 bits per heavy atom. The van der Waals surface area contributed by atoms with E-state index in [1.807, 2.05) is 0 Å². The summed E-state index contributed by atoms with van der Waals surface area (Å²) in [4.78, 5) is 11.1. The molecule has 5 nitrogen and oxygen atoms in total. The molecule has 9 heteroatoms. The van der Waals surface area contributed by atoms with Crippen LogP contribution in [0.2, 0.25) is 0 Å². The maximum absolute atomic E-state index is 12.8. The minimum Gasteiger partial charge on any atom is -0.482 e. The van der Waals surface area contributed by atoms with Crippen molar-refractivity contribution in [1.82, 2.24) is 0 Å². The smallest absolute Gasteiger partial charge is 0.324 e. The number of halogens is 4. The Morgan fingerprint density at radius 2 is 2.15 bits per heavy atom. The van der Waals surface area contributed by atoms with E-state index in [0.29, 0.717) is 0 Å². The predicted octanol–water partition coefficient (Wildman–Crippen LogP) is 1.91. The molecule has 1 aliphatic heterocycles. The van der Waals surface area contributed by atoms with E-state index in [0.717, 1.165) is 0 Å². The summed E-state index contributed by atoms with van der Waals surface area (Å²) in [6, 6.07) is 2.57. The summed E-state index contributed by atoms with van der Waals surface area (Å²) in [6.45, 7) is -1.45. The Bertz CT molecular complexity index is 537. The standard InChI is InChI=1S/C11H11F4N3O2/c12-10(13)11(14,15)4-17-6-2-7-8(1-5(6)16)20-3-9(19)18-7/h1-2,10,17H,3-4,16H2,(H,18,19). The van der Waals surface area contributed by atoms with Gasteiger partial charge in [-0.25, -0.2) is 8.78 Å². The molecule has 0 bridgehead atoms. The number of hydrogen-bond donors (Lipinski definition) is 3. The Kier molecular flexibility index (Phi) is 3.60. The maximum atomic E-state index is 12.8.